The number of nitrogens with zero attached hydrogens (tertiary/aromatic N) is 5. The Morgan fingerprint density at radius 2 is 1.80 bits per heavy atom. The van der Waals surface area contributed by atoms with Crippen molar-refractivity contribution in [2.45, 2.75) is 95.6 Å². The molecule has 3 aromatic heterocycles. The van der Waals surface area contributed by atoms with Gasteiger partial charge in [0, 0.05) is 44.1 Å². The number of anilines is 1. The van der Waals surface area contributed by atoms with Gasteiger partial charge >= 0.3 is 5.69 Å². The third-order valence-corrected chi connectivity index (χ3v) is 12.9. The number of hydrogen-bond acceptors (Lipinski definition) is 10. The summed E-state index contributed by atoms with van der Waals surface area (Å²) in [6, 6.07) is 9.15. The molecule has 2 aliphatic heterocycles. The number of likely N-dealkylation sites (tertiary alicyclic amines) is 1. The molecule has 284 valence electrons. The lowest BCUT2D eigenvalue weighted by atomic mass is 9.81. The van der Waals surface area contributed by atoms with Crippen molar-refractivity contribution in [2.24, 2.45) is 13.0 Å². The van der Waals surface area contributed by atoms with Crippen LogP contribution in [-0.2, 0) is 22.2 Å². The molecule has 1 saturated carbocycles. The van der Waals surface area contributed by atoms with Gasteiger partial charge in [-0.2, -0.15) is 0 Å². The number of imide groups is 1. The lowest BCUT2D eigenvalue weighted by Crippen LogP contribution is -2.44. The molecule has 3 amide bonds. The Balaban J connectivity index is 0.895. The molecule has 3 aliphatic rings. The van der Waals surface area contributed by atoms with E-state index in [9.17, 15) is 24.3 Å². The molecule has 1 unspecified atom stereocenters. The van der Waals surface area contributed by atoms with E-state index >= 15 is 0 Å². The van der Waals surface area contributed by atoms with E-state index in [0.29, 0.717) is 41.3 Å². The van der Waals surface area contributed by atoms with Crippen LogP contribution in [0, 0.1) is 12.8 Å². The molecule has 14 heteroatoms. The van der Waals surface area contributed by atoms with Crippen molar-refractivity contribution in [3.8, 4) is 0 Å². The van der Waals surface area contributed by atoms with Crippen LogP contribution in [0.3, 0.4) is 0 Å². The van der Waals surface area contributed by atoms with Crippen LogP contribution < -0.4 is 16.3 Å². The van der Waals surface area contributed by atoms with Gasteiger partial charge in [0.05, 0.1) is 31.9 Å². The molecule has 1 aliphatic carbocycles. The van der Waals surface area contributed by atoms with Gasteiger partial charge in [-0.05, 0) is 107 Å². The third kappa shape index (κ3) is 6.90. The third-order valence-electron chi connectivity index (χ3n) is 11.7. The number of carbonyl (C=O) groups excluding carboxylic acids is 3. The monoisotopic (exact) mass is 753 g/mol. The Bertz CT molecular complexity index is 2310. The Morgan fingerprint density at radius 1 is 1.04 bits per heavy atom. The zero-order chi connectivity index (χ0) is 37.9. The summed E-state index contributed by atoms with van der Waals surface area (Å²) < 4.78 is 9.44. The summed E-state index contributed by atoms with van der Waals surface area (Å²) in [6.07, 6.45) is 8.33. The number of aryl methyl sites for hydroxylation is 2. The van der Waals surface area contributed by atoms with Gasteiger partial charge < -0.3 is 19.7 Å². The minimum Gasteiger partial charge on any atom is -0.448 e. The quantitative estimate of drug-likeness (QED) is 0.165. The topological polar surface area (TPSA) is 165 Å². The molecule has 8 rings (SSSR count). The molecule has 3 N–H and O–H groups in total. The Labute approximate surface area is 316 Å². The van der Waals surface area contributed by atoms with Gasteiger partial charge in [-0.25, -0.2) is 14.8 Å². The van der Waals surface area contributed by atoms with Gasteiger partial charge in [-0.15, -0.1) is 11.3 Å². The molecule has 5 aromatic rings. The molecule has 13 nitrogen and oxygen atoms in total. The molecule has 0 spiro atoms. The van der Waals surface area contributed by atoms with Gasteiger partial charge in [-0.3, -0.25) is 28.8 Å². The highest BCUT2D eigenvalue weighted by molar-refractivity contribution is 7.18. The van der Waals surface area contributed by atoms with Gasteiger partial charge in [0.25, 0.3) is 5.91 Å². The lowest BCUT2D eigenvalue weighted by Gasteiger charge is -2.36. The van der Waals surface area contributed by atoms with E-state index in [1.54, 1.807) is 48.3 Å². The summed E-state index contributed by atoms with van der Waals surface area (Å²) in [7, 11) is 1.78. The summed E-state index contributed by atoms with van der Waals surface area (Å²) in [5.74, 6) is 0.639. The van der Waals surface area contributed by atoms with E-state index in [2.05, 4.69) is 26.6 Å². The molecule has 54 heavy (non-hydrogen) atoms. The molecule has 2 aromatic carbocycles. The maximum absolute atomic E-state index is 13.4. The van der Waals surface area contributed by atoms with Gasteiger partial charge in [0.15, 0.2) is 11.6 Å². The maximum atomic E-state index is 13.4. The lowest BCUT2D eigenvalue weighted by molar-refractivity contribution is -0.135. The number of carbonyl (C=O) groups is 3. The fraction of sp³-hybridized carbons (Fsp3) is 0.500. The van der Waals surface area contributed by atoms with Crippen LogP contribution in [0.15, 0.2) is 45.8 Å². The number of hydrogen-bond donors (Lipinski definition) is 3. The smallest absolute Gasteiger partial charge is 0.329 e. The summed E-state index contributed by atoms with van der Waals surface area (Å²) in [5, 5.41) is 17.4. The highest BCUT2D eigenvalue weighted by Crippen LogP contribution is 2.42. The first-order chi connectivity index (χ1) is 25.8. The van der Waals surface area contributed by atoms with E-state index in [1.807, 2.05) is 24.3 Å². The van der Waals surface area contributed by atoms with Crippen molar-refractivity contribution in [1.29, 1.82) is 0 Å². The number of piperidine rings is 2. The zero-order valence-corrected chi connectivity index (χ0v) is 32.0. The summed E-state index contributed by atoms with van der Waals surface area (Å²) in [6.45, 7) is 8.17. The fourth-order valence-electron chi connectivity index (χ4n) is 8.84. The summed E-state index contributed by atoms with van der Waals surface area (Å²) in [5.41, 5.74) is 3.53. The average molecular weight is 754 g/mol. The second-order valence-electron chi connectivity index (χ2n) is 15.9. The summed E-state index contributed by atoms with van der Waals surface area (Å²) >= 11 is 1.67. The number of imidazole rings is 1. The molecule has 0 radical (unpaired) electrons. The largest absolute Gasteiger partial charge is 0.448 e. The molecule has 3 fully saturated rings. The SMILES string of the molecule is Cc1nc(C(=O)Nc2cc3sc(C4CCC(CN5CCC(c6cccc7c6n(C)c(=O)n7C6CCC(=O)NC6=O)CC5)CC4)nc3cc2C(C)(C)O)co1. The molecule has 2 saturated heterocycles. The number of benzene rings is 2. The van der Waals surface area contributed by atoms with E-state index in [4.69, 9.17) is 9.40 Å². The highest BCUT2D eigenvalue weighted by Gasteiger charge is 2.34. The highest BCUT2D eigenvalue weighted by atomic mass is 32.1. The molecule has 5 heterocycles. The molecular weight excluding hydrogens is 707 g/mol. The van der Waals surface area contributed by atoms with Crippen molar-refractivity contribution in [3.05, 3.63) is 74.8 Å². The predicted octanol–water partition coefficient (Wildman–Crippen LogP) is 5.86. The number of aliphatic hydroxyl groups is 1. The van der Waals surface area contributed by atoms with Crippen LogP contribution in [-0.4, -0.2) is 66.5 Å². The van der Waals surface area contributed by atoms with Gasteiger partial charge in [0.1, 0.15) is 12.3 Å². The predicted molar refractivity (Wildman–Crippen MR) is 206 cm³/mol. The standard InChI is InChI=1S/C40H47N7O6S/c1-22-41-30(21-53-22)36(49)42-28-19-33-29(18-27(28)40(2,3)52)43-38(54-33)25-10-8-23(9-11-25)20-46-16-14-24(15-17-46)26-6-5-7-31-35(26)45(4)39(51)47(31)32-12-13-34(48)44-37(32)50/h5-7,18-19,21,23-25,32,52H,8-17,20H2,1-4H3,(H,42,49)(H,44,48,50). The summed E-state index contributed by atoms with van der Waals surface area (Å²) in [4.78, 5) is 62.6. The Kier molecular flexibility index (Phi) is 9.55. The first kappa shape index (κ1) is 36.3. The van der Waals surface area contributed by atoms with Gasteiger partial charge in [-0.1, -0.05) is 12.1 Å². The van der Waals surface area contributed by atoms with Crippen LogP contribution >= 0.6 is 11.3 Å². The minimum atomic E-state index is -1.19. The number of rotatable bonds is 8. The van der Waals surface area contributed by atoms with Crippen LogP contribution in [0.5, 0.6) is 0 Å². The van der Waals surface area contributed by atoms with E-state index < -0.39 is 23.5 Å². The van der Waals surface area contributed by atoms with Crippen molar-refractivity contribution < 1.29 is 23.9 Å². The number of aromatic nitrogens is 4. The van der Waals surface area contributed by atoms with Crippen LogP contribution in [0.25, 0.3) is 21.3 Å². The number of thiazole rings is 1. The number of fused-ring (bicyclic) bond motifs is 2. The number of oxazole rings is 1. The molecule has 1 atom stereocenters. The van der Waals surface area contributed by atoms with E-state index in [-0.39, 0.29) is 23.7 Å². The van der Waals surface area contributed by atoms with Crippen LogP contribution in [0.4, 0.5) is 5.69 Å². The van der Waals surface area contributed by atoms with Crippen molar-refractivity contribution in [3.63, 3.8) is 0 Å². The second kappa shape index (κ2) is 14.2. The van der Waals surface area contributed by atoms with E-state index in [0.717, 1.165) is 90.0 Å². The van der Waals surface area contributed by atoms with E-state index in [1.165, 1.54) is 6.26 Å². The van der Waals surface area contributed by atoms with Gasteiger partial charge in [0.2, 0.25) is 11.8 Å². The second-order valence-corrected chi connectivity index (χ2v) is 16.9. The molecule has 0 bridgehead atoms. The number of amides is 3. The fourth-order valence-corrected chi connectivity index (χ4v) is 10.00. The first-order valence-electron chi connectivity index (χ1n) is 19.0. The maximum Gasteiger partial charge on any atom is 0.329 e. The normalized spacial score (nSPS) is 21.9. The Morgan fingerprint density at radius 3 is 2.48 bits per heavy atom. The average Bonchev–Trinajstić information content (AvgIpc) is 3.84. The van der Waals surface area contributed by atoms with Crippen LogP contribution in [0.1, 0.15) is 116 Å². The number of para-hydroxylation sites is 1. The van der Waals surface area contributed by atoms with Crippen LogP contribution in [0.2, 0.25) is 0 Å². The first-order valence-corrected chi connectivity index (χ1v) is 19.8. The van der Waals surface area contributed by atoms with Crippen molar-refractivity contribution in [2.75, 3.05) is 25.0 Å². The zero-order valence-electron chi connectivity index (χ0n) is 31.2. The number of nitrogens with one attached hydrogen (secondary N) is 2. The van der Waals surface area contributed by atoms with Crippen molar-refractivity contribution in [1.82, 2.24) is 29.3 Å². The molecular formula is C40H47N7O6S. The van der Waals surface area contributed by atoms with Crippen molar-refractivity contribution >= 4 is 56.0 Å². The minimum absolute atomic E-state index is 0.186. The Hall–Kier alpha value is -4.66.